The highest BCUT2D eigenvalue weighted by atomic mass is 16.5. The highest BCUT2D eigenvalue weighted by molar-refractivity contribution is 5.50. The fourth-order valence-electron chi connectivity index (χ4n) is 1.97. The molecule has 100 valence electrons. The summed E-state index contributed by atoms with van der Waals surface area (Å²) in [5, 5.41) is 12.8. The number of phenolic OH excluding ortho intramolecular Hbond substituents is 1. The predicted octanol–water partition coefficient (Wildman–Crippen LogP) is 3.46. The Morgan fingerprint density at radius 1 is 1.11 bits per heavy atom. The van der Waals surface area contributed by atoms with Gasteiger partial charge in [0.2, 0.25) is 0 Å². The Balaban J connectivity index is 2.01. The first-order valence-electron chi connectivity index (χ1n) is 6.29. The predicted molar refractivity (Wildman–Crippen MR) is 77.3 cm³/mol. The third kappa shape index (κ3) is 3.73. The summed E-state index contributed by atoms with van der Waals surface area (Å²) < 4.78 is 5.13. The molecule has 0 aliphatic carbocycles. The van der Waals surface area contributed by atoms with Crippen molar-refractivity contribution in [1.82, 2.24) is 0 Å². The van der Waals surface area contributed by atoms with Crippen LogP contribution in [0.15, 0.2) is 42.5 Å². The lowest BCUT2D eigenvalue weighted by atomic mass is 10.1. The summed E-state index contributed by atoms with van der Waals surface area (Å²) >= 11 is 0. The van der Waals surface area contributed by atoms with E-state index in [1.165, 1.54) is 11.1 Å². The Hall–Kier alpha value is -2.00. The van der Waals surface area contributed by atoms with E-state index in [1.807, 2.05) is 25.1 Å². The van der Waals surface area contributed by atoms with Crippen LogP contribution in [0.2, 0.25) is 0 Å². The van der Waals surface area contributed by atoms with Gasteiger partial charge in [-0.25, -0.2) is 0 Å². The van der Waals surface area contributed by atoms with Gasteiger partial charge in [-0.1, -0.05) is 24.3 Å². The molecule has 0 unspecified atom stereocenters. The van der Waals surface area contributed by atoms with Gasteiger partial charge in [0.25, 0.3) is 0 Å². The molecule has 0 saturated carbocycles. The first-order valence-corrected chi connectivity index (χ1v) is 6.29. The van der Waals surface area contributed by atoms with Crippen LogP contribution in [-0.4, -0.2) is 12.2 Å². The number of methoxy groups -OCH3 is 1. The van der Waals surface area contributed by atoms with Crippen molar-refractivity contribution in [3.63, 3.8) is 0 Å². The van der Waals surface area contributed by atoms with Crippen molar-refractivity contribution in [1.29, 1.82) is 0 Å². The molecule has 0 fully saturated rings. The summed E-state index contributed by atoms with van der Waals surface area (Å²) in [4.78, 5) is 0. The summed E-state index contributed by atoms with van der Waals surface area (Å²) in [5.41, 5.74) is 4.26. The topological polar surface area (TPSA) is 41.5 Å². The van der Waals surface area contributed by atoms with Crippen molar-refractivity contribution in [2.75, 3.05) is 12.4 Å². The number of ether oxygens (including phenoxy) is 1. The van der Waals surface area contributed by atoms with Crippen molar-refractivity contribution in [3.05, 3.63) is 59.2 Å². The average Bonchev–Trinajstić information content (AvgIpc) is 2.41. The molecular weight excluding hydrogens is 238 g/mol. The van der Waals surface area contributed by atoms with E-state index in [0.717, 1.165) is 17.8 Å². The van der Waals surface area contributed by atoms with E-state index >= 15 is 0 Å². The Bertz CT molecular complexity index is 552. The summed E-state index contributed by atoms with van der Waals surface area (Å²) in [6.07, 6.45) is 0. The second kappa shape index (κ2) is 6.25. The molecule has 0 aliphatic heterocycles. The lowest BCUT2D eigenvalue weighted by Crippen LogP contribution is -2.00. The third-order valence-corrected chi connectivity index (χ3v) is 3.00. The molecule has 0 atom stereocenters. The van der Waals surface area contributed by atoms with Crippen molar-refractivity contribution >= 4 is 5.69 Å². The zero-order valence-corrected chi connectivity index (χ0v) is 11.3. The van der Waals surface area contributed by atoms with Crippen molar-refractivity contribution in [3.8, 4) is 5.75 Å². The van der Waals surface area contributed by atoms with E-state index in [0.29, 0.717) is 12.4 Å². The molecule has 0 spiro atoms. The molecule has 2 aromatic carbocycles. The molecule has 2 rings (SSSR count). The van der Waals surface area contributed by atoms with Gasteiger partial charge in [-0.15, -0.1) is 0 Å². The summed E-state index contributed by atoms with van der Waals surface area (Å²) in [7, 11) is 1.70. The summed E-state index contributed by atoms with van der Waals surface area (Å²) in [5.74, 6) is 0.327. The van der Waals surface area contributed by atoms with E-state index in [-0.39, 0.29) is 0 Å². The van der Waals surface area contributed by atoms with Crippen LogP contribution < -0.4 is 5.32 Å². The van der Waals surface area contributed by atoms with Crippen LogP contribution in [0.3, 0.4) is 0 Å². The molecule has 0 heterocycles. The first-order chi connectivity index (χ1) is 9.19. The largest absolute Gasteiger partial charge is 0.508 e. The molecule has 0 aliphatic rings. The number of anilines is 1. The third-order valence-electron chi connectivity index (χ3n) is 3.00. The smallest absolute Gasteiger partial charge is 0.118 e. The number of aromatic hydroxyl groups is 1. The van der Waals surface area contributed by atoms with Gasteiger partial charge in [-0.05, 0) is 41.8 Å². The van der Waals surface area contributed by atoms with E-state index in [9.17, 15) is 5.11 Å². The highest BCUT2D eigenvalue weighted by Gasteiger charge is 1.99. The summed E-state index contributed by atoms with van der Waals surface area (Å²) in [6, 6.07) is 13.8. The van der Waals surface area contributed by atoms with Crippen LogP contribution in [0.5, 0.6) is 5.75 Å². The van der Waals surface area contributed by atoms with Crippen molar-refractivity contribution in [2.24, 2.45) is 0 Å². The molecule has 0 amide bonds. The standard InChI is InChI=1S/C16H19NO2/c1-12-8-15(6-7-16(12)18)17-10-13-4-3-5-14(9-13)11-19-2/h3-9,17-18H,10-11H2,1-2H3. The number of hydrogen-bond acceptors (Lipinski definition) is 3. The maximum atomic E-state index is 9.48. The second-order valence-electron chi connectivity index (χ2n) is 4.61. The monoisotopic (exact) mass is 257 g/mol. The number of aryl methyl sites for hydroxylation is 1. The fraction of sp³-hybridized carbons (Fsp3) is 0.250. The molecular formula is C16H19NO2. The lowest BCUT2D eigenvalue weighted by molar-refractivity contribution is 0.185. The molecule has 2 N–H and O–H groups in total. The van der Waals surface area contributed by atoms with Gasteiger partial charge >= 0.3 is 0 Å². The van der Waals surface area contributed by atoms with Gasteiger partial charge in [-0.2, -0.15) is 0 Å². The normalized spacial score (nSPS) is 10.4. The molecule has 3 nitrogen and oxygen atoms in total. The quantitative estimate of drug-likeness (QED) is 0.806. The molecule has 2 aromatic rings. The van der Waals surface area contributed by atoms with Gasteiger partial charge < -0.3 is 15.2 Å². The summed E-state index contributed by atoms with van der Waals surface area (Å²) in [6.45, 7) is 3.27. The number of benzene rings is 2. The second-order valence-corrected chi connectivity index (χ2v) is 4.61. The van der Waals surface area contributed by atoms with Crippen LogP contribution in [0.1, 0.15) is 16.7 Å². The maximum absolute atomic E-state index is 9.48. The Kier molecular flexibility index (Phi) is 4.42. The molecule has 3 heteroatoms. The van der Waals surface area contributed by atoms with Crippen molar-refractivity contribution < 1.29 is 9.84 Å². The van der Waals surface area contributed by atoms with E-state index in [2.05, 4.69) is 23.5 Å². The molecule has 0 saturated heterocycles. The molecule has 19 heavy (non-hydrogen) atoms. The molecule has 0 bridgehead atoms. The Morgan fingerprint density at radius 3 is 2.63 bits per heavy atom. The van der Waals surface area contributed by atoms with Gasteiger partial charge in [0.15, 0.2) is 0 Å². The minimum absolute atomic E-state index is 0.327. The SMILES string of the molecule is COCc1cccc(CNc2ccc(O)c(C)c2)c1. The Morgan fingerprint density at radius 2 is 1.89 bits per heavy atom. The van der Waals surface area contributed by atoms with Crippen molar-refractivity contribution in [2.45, 2.75) is 20.1 Å². The number of rotatable bonds is 5. The number of hydrogen-bond donors (Lipinski definition) is 2. The van der Waals surface area contributed by atoms with Crippen LogP contribution in [0, 0.1) is 6.92 Å². The number of phenols is 1. The minimum atomic E-state index is 0.327. The Labute approximate surface area is 113 Å². The molecule has 0 radical (unpaired) electrons. The van der Waals surface area contributed by atoms with Crippen LogP contribution in [-0.2, 0) is 17.9 Å². The average molecular weight is 257 g/mol. The van der Waals surface area contributed by atoms with Crippen LogP contribution >= 0.6 is 0 Å². The van der Waals surface area contributed by atoms with Gasteiger partial charge in [0.05, 0.1) is 6.61 Å². The highest BCUT2D eigenvalue weighted by Crippen LogP contribution is 2.20. The van der Waals surface area contributed by atoms with Gasteiger partial charge in [-0.3, -0.25) is 0 Å². The van der Waals surface area contributed by atoms with Crippen LogP contribution in [0.4, 0.5) is 5.69 Å². The minimum Gasteiger partial charge on any atom is -0.508 e. The fourth-order valence-corrected chi connectivity index (χ4v) is 1.97. The molecule has 0 aromatic heterocycles. The van der Waals surface area contributed by atoms with Crippen LogP contribution in [0.25, 0.3) is 0 Å². The van der Waals surface area contributed by atoms with E-state index < -0.39 is 0 Å². The van der Waals surface area contributed by atoms with E-state index in [4.69, 9.17) is 4.74 Å². The maximum Gasteiger partial charge on any atom is 0.118 e. The lowest BCUT2D eigenvalue weighted by Gasteiger charge is -2.09. The van der Waals surface area contributed by atoms with Gasteiger partial charge in [0.1, 0.15) is 5.75 Å². The number of nitrogens with one attached hydrogen (secondary N) is 1. The van der Waals surface area contributed by atoms with E-state index in [1.54, 1.807) is 13.2 Å². The first kappa shape index (κ1) is 13.4. The van der Waals surface area contributed by atoms with Gasteiger partial charge in [0, 0.05) is 19.3 Å². The zero-order valence-electron chi connectivity index (χ0n) is 11.3. The zero-order chi connectivity index (χ0) is 13.7.